The average Bonchev–Trinajstić information content (AvgIpc) is 3.33. The first kappa shape index (κ1) is 19.0. The highest BCUT2D eigenvalue weighted by Gasteiger charge is 2.20. The van der Waals surface area contributed by atoms with Crippen molar-refractivity contribution in [3.63, 3.8) is 0 Å². The van der Waals surface area contributed by atoms with Gasteiger partial charge in [-0.25, -0.2) is 4.99 Å². The highest BCUT2D eigenvalue weighted by Crippen LogP contribution is 2.28. The second kappa shape index (κ2) is 7.96. The summed E-state index contributed by atoms with van der Waals surface area (Å²) in [6.07, 6.45) is 1.67. The predicted octanol–water partition coefficient (Wildman–Crippen LogP) is 4.38. The zero-order chi connectivity index (χ0) is 20.4. The Morgan fingerprint density at radius 3 is 2.83 bits per heavy atom. The number of nitro benzene ring substituents is 1. The van der Waals surface area contributed by atoms with Gasteiger partial charge in [0.15, 0.2) is 5.17 Å². The molecular weight excluding hydrogens is 390 g/mol. The summed E-state index contributed by atoms with van der Waals surface area (Å²) in [6.45, 7) is 4.79. The van der Waals surface area contributed by atoms with E-state index in [1.54, 1.807) is 24.5 Å². The summed E-state index contributed by atoms with van der Waals surface area (Å²) in [5.74, 6) is 1.52. The van der Waals surface area contributed by atoms with E-state index in [-0.39, 0.29) is 5.69 Å². The molecule has 1 aromatic carbocycles. The number of aliphatic imine (C=N–C) groups is 1. The van der Waals surface area contributed by atoms with Crippen LogP contribution in [-0.2, 0) is 6.54 Å². The van der Waals surface area contributed by atoms with Crippen LogP contribution in [0, 0.1) is 24.0 Å². The minimum atomic E-state index is -0.435. The Bertz CT molecular complexity index is 1120. The monoisotopic (exact) mass is 409 g/mol. The van der Waals surface area contributed by atoms with Gasteiger partial charge in [-0.15, -0.1) is 0 Å². The van der Waals surface area contributed by atoms with E-state index in [0.717, 1.165) is 28.4 Å². The highest BCUT2D eigenvalue weighted by molar-refractivity contribution is 8.14. The molecule has 148 valence electrons. The third-order valence-electron chi connectivity index (χ3n) is 4.71. The van der Waals surface area contributed by atoms with E-state index < -0.39 is 4.92 Å². The number of thioether (sulfide) groups is 1. The molecule has 0 aliphatic carbocycles. The quantitative estimate of drug-likeness (QED) is 0.498. The van der Waals surface area contributed by atoms with E-state index >= 15 is 0 Å². The molecule has 0 bridgehead atoms. The van der Waals surface area contributed by atoms with Gasteiger partial charge in [0.1, 0.15) is 11.4 Å². The van der Waals surface area contributed by atoms with Crippen molar-refractivity contribution >= 4 is 34.0 Å². The van der Waals surface area contributed by atoms with Gasteiger partial charge in [0.2, 0.25) is 0 Å². The number of furan rings is 1. The van der Waals surface area contributed by atoms with Crippen LogP contribution < -0.4 is 5.43 Å². The molecule has 0 amide bonds. The molecule has 0 unspecified atom stereocenters. The van der Waals surface area contributed by atoms with Gasteiger partial charge in [-0.2, -0.15) is 5.10 Å². The van der Waals surface area contributed by atoms with Gasteiger partial charge in [0, 0.05) is 28.8 Å². The molecular formula is C20H19N5O3S. The highest BCUT2D eigenvalue weighted by atomic mass is 32.2. The lowest BCUT2D eigenvalue weighted by atomic mass is 10.1. The van der Waals surface area contributed by atoms with Crippen molar-refractivity contribution in [2.24, 2.45) is 10.1 Å². The van der Waals surface area contributed by atoms with E-state index in [9.17, 15) is 10.1 Å². The van der Waals surface area contributed by atoms with E-state index in [0.29, 0.717) is 23.2 Å². The fraction of sp³-hybridized carbons (Fsp3) is 0.200. The zero-order valence-corrected chi connectivity index (χ0v) is 16.8. The van der Waals surface area contributed by atoms with Gasteiger partial charge in [-0.3, -0.25) is 15.5 Å². The van der Waals surface area contributed by atoms with Crippen LogP contribution in [0.5, 0.6) is 0 Å². The summed E-state index contributed by atoms with van der Waals surface area (Å²) < 4.78 is 7.66. The molecule has 0 saturated heterocycles. The number of nitrogens with one attached hydrogen (secondary N) is 1. The van der Waals surface area contributed by atoms with Crippen LogP contribution in [0.1, 0.15) is 22.7 Å². The lowest BCUT2D eigenvalue weighted by Gasteiger charge is -2.15. The largest absolute Gasteiger partial charge is 0.467 e. The summed E-state index contributed by atoms with van der Waals surface area (Å²) in [5.41, 5.74) is 7.43. The van der Waals surface area contributed by atoms with Gasteiger partial charge < -0.3 is 8.98 Å². The Morgan fingerprint density at radius 1 is 1.31 bits per heavy atom. The lowest BCUT2D eigenvalue weighted by molar-refractivity contribution is -0.384. The SMILES string of the molecule is Cc1cc(C2=NNC(=Nc3ccccc3[N+](=O)[O-])SC2)c(C)n1Cc1ccco1. The third-order valence-corrected chi connectivity index (χ3v) is 5.58. The van der Waals surface area contributed by atoms with Crippen LogP contribution in [0.15, 0.2) is 63.2 Å². The fourth-order valence-electron chi connectivity index (χ4n) is 3.23. The molecule has 9 heteroatoms. The van der Waals surface area contributed by atoms with Crippen molar-refractivity contribution in [1.82, 2.24) is 9.99 Å². The van der Waals surface area contributed by atoms with Crippen molar-refractivity contribution in [1.29, 1.82) is 0 Å². The smallest absolute Gasteiger partial charge is 0.294 e. The van der Waals surface area contributed by atoms with Crippen LogP contribution in [0.4, 0.5) is 11.4 Å². The second-order valence-electron chi connectivity index (χ2n) is 6.57. The summed E-state index contributed by atoms with van der Waals surface area (Å²) >= 11 is 1.47. The molecule has 3 heterocycles. The van der Waals surface area contributed by atoms with E-state index in [1.807, 2.05) is 12.1 Å². The number of amidine groups is 1. The Labute approximate surface area is 171 Å². The minimum absolute atomic E-state index is 0.0290. The average molecular weight is 409 g/mol. The lowest BCUT2D eigenvalue weighted by Crippen LogP contribution is -2.25. The minimum Gasteiger partial charge on any atom is -0.467 e. The number of rotatable bonds is 5. The van der Waals surface area contributed by atoms with Gasteiger partial charge in [0.25, 0.3) is 5.69 Å². The fourth-order valence-corrected chi connectivity index (χ4v) is 4.00. The van der Waals surface area contributed by atoms with Crippen molar-refractivity contribution in [3.8, 4) is 0 Å². The summed E-state index contributed by atoms with van der Waals surface area (Å²) in [6, 6.07) is 12.4. The predicted molar refractivity (Wildman–Crippen MR) is 114 cm³/mol. The second-order valence-corrected chi connectivity index (χ2v) is 7.54. The Morgan fingerprint density at radius 2 is 2.14 bits per heavy atom. The maximum atomic E-state index is 11.2. The van der Waals surface area contributed by atoms with Crippen molar-refractivity contribution in [3.05, 3.63) is 81.6 Å². The summed E-state index contributed by atoms with van der Waals surface area (Å²) in [7, 11) is 0. The first-order chi connectivity index (χ1) is 14.0. The molecule has 4 rings (SSSR count). The molecule has 0 radical (unpaired) electrons. The molecule has 0 fully saturated rings. The number of nitro groups is 1. The van der Waals surface area contributed by atoms with E-state index in [2.05, 4.69) is 40.0 Å². The van der Waals surface area contributed by atoms with E-state index in [1.165, 1.54) is 17.8 Å². The summed E-state index contributed by atoms with van der Waals surface area (Å²) in [4.78, 5) is 15.1. The maximum Gasteiger partial charge on any atom is 0.294 e. The van der Waals surface area contributed by atoms with Crippen LogP contribution in [0.2, 0.25) is 0 Å². The molecule has 1 aliphatic rings. The number of hydrazone groups is 1. The van der Waals surface area contributed by atoms with E-state index in [4.69, 9.17) is 4.42 Å². The first-order valence-electron chi connectivity index (χ1n) is 9.00. The number of hydrogen-bond donors (Lipinski definition) is 1. The molecule has 29 heavy (non-hydrogen) atoms. The van der Waals surface area contributed by atoms with Crippen molar-refractivity contribution < 1.29 is 9.34 Å². The van der Waals surface area contributed by atoms with Gasteiger partial charge in [0.05, 0.1) is 23.4 Å². The molecule has 2 aromatic heterocycles. The number of nitrogens with zero attached hydrogens (tertiary/aromatic N) is 4. The molecule has 0 spiro atoms. The van der Waals surface area contributed by atoms with Crippen molar-refractivity contribution in [2.45, 2.75) is 20.4 Å². The normalized spacial score (nSPS) is 15.2. The van der Waals surface area contributed by atoms with Crippen LogP contribution >= 0.6 is 11.8 Å². The number of aromatic nitrogens is 1. The first-order valence-corrected chi connectivity index (χ1v) is 9.98. The Hall–Kier alpha value is -3.33. The number of aryl methyl sites for hydroxylation is 1. The van der Waals surface area contributed by atoms with Gasteiger partial charge in [-0.05, 0) is 38.1 Å². The van der Waals surface area contributed by atoms with Crippen LogP contribution in [-0.4, -0.2) is 26.1 Å². The van der Waals surface area contributed by atoms with Gasteiger partial charge >= 0.3 is 0 Å². The van der Waals surface area contributed by atoms with Crippen LogP contribution in [0.25, 0.3) is 0 Å². The third kappa shape index (κ3) is 3.95. The molecule has 8 nitrogen and oxygen atoms in total. The molecule has 1 N–H and O–H groups in total. The van der Waals surface area contributed by atoms with Crippen LogP contribution in [0.3, 0.4) is 0 Å². The number of hydrogen-bond acceptors (Lipinski definition) is 6. The van der Waals surface area contributed by atoms with Gasteiger partial charge in [-0.1, -0.05) is 23.9 Å². The molecule has 1 aliphatic heterocycles. The summed E-state index contributed by atoms with van der Waals surface area (Å²) in [5, 5.41) is 16.2. The molecule has 0 atom stereocenters. The number of benzene rings is 1. The molecule has 0 saturated carbocycles. The maximum absolute atomic E-state index is 11.2. The topological polar surface area (TPSA) is 98.0 Å². The Balaban J connectivity index is 1.56. The number of para-hydroxylation sites is 2. The Kier molecular flexibility index (Phi) is 5.22. The van der Waals surface area contributed by atoms with Crippen molar-refractivity contribution in [2.75, 3.05) is 5.75 Å². The standard InChI is InChI=1S/C20H19N5O3S/c1-13-10-16(14(2)24(13)11-15-6-5-9-28-15)18-12-29-20(23-22-18)21-17-7-3-4-8-19(17)25(26)27/h3-10H,11-12H2,1-2H3,(H,21,23). The molecule has 3 aromatic rings. The zero-order valence-electron chi connectivity index (χ0n) is 16.0.